The Bertz CT molecular complexity index is 524. The fraction of sp³-hybridized carbons (Fsp3) is 0.462. The molecule has 1 fully saturated rings. The zero-order valence-electron chi connectivity index (χ0n) is 10.8. The van der Waals surface area contributed by atoms with Crippen LogP contribution in [0.15, 0.2) is 24.4 Å². The van der Waals surface area contributed by atoms with Crippen LogP contribution in [-0.4, -0.2) is 42.0 Å². The average molecular weight is 276 g/mol. The number of anilines is 1. The average Bonchev–Trinajstić information content (AvgIpc) is 3.10. The summed E-state index contributed by atoms with van der Waals surface area (Å²) in [6.07, 6.45) is 2.91. The van der Waals surface area contributed by atoms with E-state index >= 15 is 0 Å². The van der Waals surface area contributed by atoms with Crippen LogP contribution in [0.1, 0.15) is 6.42 Å². The van der Waals surface area contributed by atoms with Gasteiger partial charge in [-0.3, -0.25) is 4.98 Å². The Morgan fingerprint density at radius 3 is 3.11 bits per heavy atom. The SMILES string of the molecule is CN(CC1CCOC1)c1nnc(-c2ccccn2)s1. The van der Waals surface area contributed by atoms with Crippen molar-refractivity contribution < 1.29 is 4.74 Å². The molecule has 19 heavy (non-hydrogen) atoms. The molecule has 0 bridgehead atoms. The van der Waals surface area contributed by atoms with Crippen molar-refractivity contribution in [3.63, 3.8) is 0 Å². The van der Waals surface area contributed by atoms with Gasteiger partial charge < -0.3 is 9.64 Å². The molecule has 0 spiro atoms. The summed E-state index contributed by atoms with van der Waals surface area (Å²) in [7, 11) is 2.06. The number of hydrogen-bond donors (Lipinski definition) is 0. The molecule has 1 saturated heterocycles. The largest absolute Gasteiger partial charge is 0.381 e. The van der Waals surface area contributed by atoms with Crippen molar-refractivity contribution in [3.8, 4) is 10.7 Å². The Labute approximate surface area is 116 Å². The summed E-state index contributed by atoms with van der Waals surface area (Å²) in [5.74, 6) is 0.604. The van der Waals surface area contributed by atoms with Crippen molar-refractivity contribution in [2.45, 2.75) is 6.42 Å². The number of nitrogens with zero attached hydrogens (tertiary/aromatic N) is 4. The van der Waals surface area contributed by atoms with Gasteiger partial charge in [0, 0.05) is 32.3 Å². The number of ether oxygens (including phenoxy) is 1. The molecule has 0 N–H and O–H groups in total. The van der Waals surface area contributed by atoms with E-state index in [9.17, 15) is 0 Å². The highest BCUT2D eigenvalue weighted by molar-refractivity contribution is 7.18. The second-order valence-electron chi connectivity index (χ2n) is 4.71. The van der Waals surface area contributed by atoms with Gasteiger partial charge in [-0.05, 0) is 18.6 Å². The summed E-state index contributed by atoms with van der Waals surface area (Å²) in [6.45, 7) is 2.71. The number of hydrogen-bond acceptors (Lipinski definition) is 6. The number of rotatable bonds is 4. The van der Waals surface area contributed by atoms with Gasteiger partial charge in [-0.2, -0.15) is 0 Å². The van der Waals surface area contributed by atoms with E-state index in [2.05, 4.69) is 27.1 Å². The van der Waals surface area contributed by atoms with E-state index in [1.54, 1.807) is 17.5 Å². The molecule has 0 aromatic carbocycles. The van der Waals surface area contributed by atoms with Crippen molar-refractivity contribution in [2.24, 2.45) is 5.92 Å². The lowest BCUT2D eigenvalue weighted by Crippen LogP contribution is -2.25. The van der Waals surface area contributed by atoms with Crippen LogP contribution >= 0.6 is 11.3 Å². The van der Waals surface area contributed by atoms with Crippen molar-refractivity contribution in [1.29, 1.82) is 0 Å². The number of pyridine rings is 1. The van der Waals surface area contributed by atoms with Gasteiger partial charge in [0.25, 0.3) is 0 Å². The van der Waals surface area contributed by atoms with Crippen LogP contribution in [0.3, 0.4) is 0 Å². The molecule has 3 heterocycles. The fourth-order valence-corrected chi connectivity index (χ4v) is 2.95. The molecular formula is C13H16N4OS. The van der Waals surface area contributed by atoms with E-state index in [-0.39, 0.29) is 0 Å². The Hall–Kier alpha value is -1.53. The van der Waals surface area contributed by atoms with Crippen molar-refractivity contribution in [3.05, 3.63) is 24.4 Å². The molecule has 0 radical (unpaired) electrons. The first-order valence-corrected chi connectivity index (χ1v) is 7.18. The van der Waals surface area contributed by atoms with Crippen LogP contribution in [0.4, 0.5) is 5.13 Å². The molecule has 6 heteroatoms. The third-order valence-electron chi connectivity index (χ3n) is 3.18. The predicted molar refractivity (Wildman–Crippen MR) is 75.3 cm³/mol. The summed E-state index contributed by atoms with van der Waals surface area (Å²) >= 11 is 1.58. The van der Waals surface area contributed by atoms with Crippen LogP contribution in [-0.2, 0) is 4.74 Å². The lowest BCUT2D eigenvalue weighted by atomic mass is 10.1. The quantitative estimate of drug-likeness (QED) is 0.855. The molecule has 1 unspecified atom stereocenters. The van der Waals surface area contributed by atoms with E-state index in [0.717, 1.165) is 42.0 Å². The summed E-state index contributed by atoms with van der Waals surface area (Å²) < 4.78 is 5.40. The minimum Gasteiger partial charge on any atom is -0.381 e. The Morgan fingerprint density at radius 1 is 1.42 bits per heavy atom. The highest BCUT2D eigenvalue weighted by Crippen LogP contribution is 2.27. The lowest BCUT2D eigenvalue weighted by Gasteiger charge is -2.18. The van der Waals surface area contributed by atoms with E-state index in [4.69, 9.17) is 4.74 Å². The molecule has 2 aromatic rings. The van der Waals surface area contributed by atoms with Gasteiger partial charge in [0.2, 0.25) is 5.13 Å². The minimum absolute atomic E-state index is 0.604. The monoisotopic (exact) mass is 276 g/mol. The van der Waals surface area contributed by atoms with Gasteiger partial charge in [0.1, 0.15) is 5.69 Å². The standard InChI is InChI=1S/C13H16N4OS/c1-17(8-10-5-7-18-9-10)13-16-15-12(19-13)11-4-2-3-6-14-11/h2-4,6,10H,5,7-9H2,1H3. The van der Waals surface area contributed by atoms with Crippen LogP contribution < -0.4 is 4.90 Å². The third kappa shape index (κ3) is 2.90. The zero-order chi connectivity index (χ0) is 13.1. The van der Waals surface area contributed by atoms with E-state index in [0.29, 0.717) is 5.92 Å². The first-order chi connectivity index (χ1) is 9.33. The summed E-state index contributed by atoms with van der Waals surface area (Å²) in [5, 5.41) is 10.3. The van der Waals surface area contributed by atoms with Gasteiger partial charge in [-0.25, -0.2) is 0 Å². The molecule has 5 nitrogen and oxygen atoms in total. The smallest absolute Gasteiger partial charge is 0.208 e. The summed E-state index contributed by atoms with van der Waals surface area (Å²) in [5.41, 5.74) is 0.879. The molecule has 0 saturated carbocycles. The second kappa shape index (κ2) is 5.63. The summed E-state index contributed by atoms with van der Waals surface area (Å²) in [6, 6.07) is 5.82. The number of aromatic nitrogens is 3. The molecular weight excluding hydrogens is 260 g/mol. The van der Waals surface area contributed by atoms with Gasteiger partial charge in [-0.15, -0.1) is 10.2 Å². The summed E-state index contributed by atoms with van der Waals surface area (Å²) in [4.78, 5) is 6.45. The van der Waals surface area contributed by atoms with Crippen molar-refractivity contribution in [1.82, 2.24) is 15.2 Å². The molecule has 100 valence electrons. The first-order valence-electron chi connectivity index (χ1n) is 6.37. The van der Waals surface area contributed by atoms with E-state index in [1.807, 2.05) is 18.2 Å². The van der Waals surface area contributed by atoms with Gasteiger partial charge in [0.05, 0.1) is 6.61 Å². The van der Waals surface area contributed by atoms with E-state index < -0.39 is 0 Å². The molecule has 1 aliphatic heterocycles. The molecule has 1 aliphatic rings. The molecule has 0 amide bonds. The van der Waals surface area contributed by atoms with Gasteiger partial charge in [0.15, 0.2) is 5.01 Å². The Kier molecular flexibility index (Phi) is 3.70. The third-order valence-corrected chi connectivity index (χ3v) is 4.24. The van der Waals surface area contributed by atoms with E-state index in [1.165, 1.54) is 0 Å². The Morgan fingerprint density at radius 2 is 2.37 bits per heavy atom. The fourth-order valence-electron chi connectivity index (χ4n) is 2.16. The normalized spacial score (nSPS) is 18.7. The van der Waals surface area contributed by atoms with Crippen molar-refractivity contribution in [2.75, 3.05) is 31.7 Å². The Balaban J connectivity index is 1.70. The topological polar surface area (TPSA) is 51.1 Å². The maximum Gasteiger partial charge on any atom is 0.208 e. The highest BCUT2D eigenvalue weighted by Gasteiger charge is 2.19. The van der Waals surface area contributed by atoms with Gasteiger partial charge in [-0.1, -0.05) is 17.4 Å². The minimum atomic E-state index is 0.604. The molecule has 1 atom stereocenters. The maximum atomic E-state index is 5.40. The maximum absolute atomic E-state index is 5.40. The zero-order valence-corrected chi connectivity index (χ0v) is 11.6. The molecule has 3 rings (SSSR count). The van der Waals surface area contributed by atoms with Crippen molar-refractivity contribution >= 4 is 16.5 Å². The molecule has 0 aliphatic carbocycles. The lowest BCUT2D eigenvalue weighted by molar-refractivity contribution is 0.186. The highest BCUT2D eigenvalue weighted by atomic mass is 32.1. The predicted octanol–water partition coefficient (Wildman–Crippen LogP) is 2.07. The molecule has 2 aromatic heterocycles. The van der Waals surface area contributed by atoms with Gasteiger partial charge >= 0.3 is 0 Å². The van der Waals surface area contributed by atoms with Crippen LogP contribution in [0.5, 0.6) is 0 Å². The van der Waals surface area contributed by atoms with Crippen LogP contribution in [0.2, 0.25) is 0 Å². The first kappa shape index (κ1) is 12.5. The van der Waals surface area contributed by atoms with Crippen LogP contribution in [0.25, 0.3) is 10.7 Å². The second-order valence-corrected chi connectivity index (χ2v) is 5.67. The van der Waals surface area contributed by atoms with Crippen LogP contribution in [0, 0.1) is 5.92 Å².